The molecule has 0 atom stereocenters. The average Bonchev–Trinajstić information content (AvgIpc) is 3.15. The first-order valence-corrected chi connectivity index (χ1v) is 9.82. The molecular weight excluding hydrogens is 368 g/mol. The van der Waals surface area contributed by atoms with Crippen molar-refractivity contribution < 1.29 is 9.47 Å². The Labute approximate surface area is 168 Å². The van der Waals surface area contributed by atoms with Crippen molar-refractivity contribution >= 4 is 21.6 Å². The molecule has 0 saturated carbocycles. The first-order chi connectivity index (χ1) is 13.7. The molecule has 0 radical (unpaired) electrons. The second-order valence-corrected chi connectivity index (χ2v) is 7.30. The number of benzene rings is 2. The van der Waals surface area contributed by atoms with Crippen molar-refractivity contribution in [3.8, 4) is 28.5 Å². The van der Waals surface area contributed by atoms with Crippen LogP contribution < -0.4 is 9.47 Å². The topological polar surface area (TPSA) is 44.2 Å². The van der Waals surface area contributed by atoms with E-state index in [1.807, 2.05) is 24.3 Å². The number of aromatic nitrogens is 2. The molecule has 0 unspecified atom stereocenters. The highest BCUT2D eigenvalue weighted by Crippen LogP contribution is 2.40. The first-order valence-electron chi connectivity index (χ1n) is 8.94. The van der Waals surface area contributed by atoms with E-state index in [1.165, 1.54) is 5.56 Å². The van der Waals surface area contributed by atoms with Crippen LogP contribution in [0.3, 0.4) is 0 Å². The number of aryl methyl sites for hydroxylation is 1. The predicted molar refractivity (Wildman–Crippen MR) is 115 cm³/mol. The summed E-state index contributed by atoms with van der Waals surface area (Å²) >= 11 is 1.59. The van der Waals surface area contributed by atoms with Crippen LogP contribution in [0.1, 0.15) is 11.1 Å². The van der Waals surface area contributed by atoms with Crippen molar-refractivity contribution in [2.75, 3.05) is 7.11 Å². The van der Waals surface area contributed by atoms with Crippen LogP contribution in [-0.2, 0) is 6.42 Å². The van der Waals surface area contributed by atoms with Gasteiger partial charge in [0.2, 0.25) is 5.88 Å². The largest absolute Gasteiger partial charge is 0.497 e. The number of methoxy groups -OCH3 is 1. The van der Waals surface area contributed by atoms with Gasteiger partial charge < -0.3 is 9.47 Å². The number of hydrogen-bond donors (Lipinski definition) is 0. The van der Waals surface area contributed by atoms with E-state index in [4.69, 9.17) is 9.47 Å². The van der Waals surface area contributed by atoms with Gasteiger partial charge in [0.15, 0.2) is 0 Å². The van der Waals surface area contributed by atoms with Crippen molar-refractivity contribution in [1.82, 2.24) is 9.97 Å². The molecule has 0 saturated heterocycles. The van der Waals surface area contributed by atoms with E-state index in [0.717, 1.165) is 38.4 Å². The fraction of sp³-hybridized carbons (Fsp3) is 0.130. The van der Waals surface area contributed by atoms with Crippen LogP contribution in [0, 0.1) is 6.92 Å². The SMILES string of the molecule is C=CCc1cc(OC)ccc1Oc1ncnc2scc(-c3ccc(C)cc3)c12. The van der Waals surface area contributed by atoms with Crippen molar-refractivity contribution in [3.05, 3.63) is 78.0 Å². The van der Waals surface area contributed by atoms with Crippen LogP contribution in [0.4, 0.5) is 0 Å². The van der Waals surface area contributed by atoms with Crippen molar-refractivity contribution in [3.63, 3.8) is 0 Å². The molecule has 0 aliphatic heterocycles. The van der Waals surface area contributed by atoms with Gasteiger partial charge in [-0.2, -0.15) is 0 Å². The maximum absolute atomic E-state index is 6.27. The number of rotatable bonds is 6. The minimum absolute atomic E-state index is 0.553. The summed E-state index contributed by atoms with van der Waals surface area (Å²) in [4.78, 5) is 9.76. The Hall–Kier alpha value is -3.18. The van der Waals surface area contributed by atoms with Gasteiger partial charge in [0, 0.05) is 16.5 Å². The zero-order chi connectivity index (χ0) is 19.5. The number of ether oxygens (including phenoxy) is 2. The zero-order valence-electron chi connectivity index (χ0n) is 15.8. The molecule has 0 aliphatic rings. The normalized spacial score (nSPS) is 10.8. The molecule has 0 fully saturated rings. The molecule has 5 heteroatoms. The average molecular weight is 388 g/mol. The molecule has 0 aliphatic carbocycles. The molecule has 0 bridgehead atoms. The monoisotopic (exact) mass is 388 g/mol. The summed E-state index contributed by atoms with van der Waals surface area (Å²) in [5.74, 6) is 2.08. The fourth-order valence-corrected chi connectivity index (χ4v) is 3.98. The molecular formula is C23H20N2O2S. The molecule has 0 amide bonds. The van der Waals surface area contributed by atoms with Gasteiger partial charge in [0.25, 0.3) is 0 Å². The Bertz CT molecular complexity index is 1130. The summed E-state index contributed by atoms with van der Waals surface area (Å²) in [5.41, 5.74) is 4.42. The lowest BCUT2D eigenvalue weighted by atomic mass is 10.0. The summed E-state index contributed by atoms with van der Waals surface area (Å²) in [5, 5.41) is 3.03. The van der Waals surface area contributed by atoms with Gasteiger partial charge in [-0.3, -0.25) is 0 Å². The van der Waals surface area contributed by atoms with Crippen LogP contribution in [0.2, 0.25) is 0 Å². The summed E-state index contributed by atoms with van der Waals surface area (Å²) in [7, 11) is 1.65. The quantitative estimate of drug-likeness (QED) is 0.369. The molecule has 2 aromatic carbocycles. The third kappa shape index (κ3) is 3.49. The summed E-state index contributed by atoms with van der Waals surface area (Å²) in [6.45, 7) is 5.92. The maximum Gasteiger partial charge on any atom is 0.231 e. The minimum atomic E-state index is 0.553. The molecule has 2 aromatic heterocycles. The second-order valence-electron chi connectivity index (χ2n) is 6.44. The first kappa shape index (κ1) is 18.2. The smallest absolute Gasteiger partial charge is 0.231 e. The lowest BCUT2D eigenvalue weighted by Gasteiger charge is -2.12. The molecule has 28 heavy (non-hydrogen) atoms. The van der Waals surface area contributed by atoms with E-state index in [1.54, 1.807) is 24.8 Å². The van der Waals surface area contributed by atoms with Crippen LogP contribution >= 0.6 is 11.3 Å². The lowest BCUT2D eigenvalue weighted by Crippen LogP contribution is -1.95. The van der Waals surface area contributed by atoms with E-state index < -0.39 is 0 Å². The molecule has 0 spiro atoms. The number of fused-ring (bicyclic) bond motifs is 1. The molecule has 0 N–H and O–H groups in total. The number of hydrogen-bond acceptors (Lipinski definition) is 5. The van der Waals surface area contributed by atoms with E-state index in [0.29, 0.717) is 12.3 Å². The van der Waals surface area contributed by atoms with Crippen molar-refractivity contribution in [2.45, 2.75) is 13.3 Å². The minimum Gasteiger partial charge on any atom is -0.497 e. The molecule has 4 nitrogen and oxygen atoms in total. The van der Waals surface area contributed by atoms with Gasteiger partial charge in [-0.1, -0.05) is 35.9 Å². The van der Waals surface area contributed by atoms with Gasteiger partial charge in [0.1, 0.15) is 22.7 Å². The van der Waals surface area contributed by atoms with Gasteiger partial charge >= 0.3 is 0 Å². The molecule has 4 rings (SSSR count). The second kappa shape index (κ2) is 7.82. The molecule has 4 aromatic rings. The van der Waals surface area contributed by atoms with Crippen LogP contribution in [0.25, 0.3) is 21.3 Å². The van der Waals surface area contributed by atoms with Gasteiger partial charge in [-0.05, 0) is 37.1 Å². The van der Waals surface area contributed by atoms with E-state index >= 15 is 0 Å². The van der Waals surface area contributed by atoms with Gasteiger partial charge in [-0.25, -0.2) is 9.97 Å². The number of allylic oxidation sites excluding steroid dienone is 1. The van der Waals surface area contributed by atoms with Crippen molar-refractivity contribution in [2.24, 2.45) is 0 Å². The molecule has 2 heterocycles. The van der Waals surface area contributed by atoms with Gasteiger partial charge in [0.05, 0.1) is 12.5 Å². The Kier molecular flexibility index (Phi) is 5.08. The van der Waals surface area contributed by atoms with Crippen LogP contribution in [0.5, 0.6) is 17.4 Å². The predicted octanol–water partition coefficient (Wildman–Crippen LogP) is 6.20. The Morgan fingerprint density at radius 3 is 2.68 bits per heavy atom. The zero-order valence-corrected chi connectivity index (χ0v) is 16.6. The number of nitrogens with zero attached hydrogens (tertiary/aromatic N) is 2. The highest BCUT2D eigenvalue weighted by molar-refractivity contribution is 7.17. The van der Waals surface area contributed by atoms with E-state index in [-0.39, 0.29) is 0 Å². The van der Waals surface area contributed by atoms with E-state index in [2.05, 4.69) is 53.1 Å². The molecule has 140 valence electrons. The van der Waals surface area contributed by atoms with Crippen LogP contribution in [0.15, 0.2) is 66.8 Å². The lowest BCUT2D eigenvalue weighted by molar-refractivity contribution is 0.411. The summed E-state index contributed by atoms with van der Waals surface area (Å²) < 4.78 is 11.6. The Balaban J connectivity index is 1.81. The Morgan fingerprint density at radius 2 is 1.93 bits per heavy atom. The van der Waals surface area contributed by atoms with Gasteiger partial charge in [-0.15, -0.1) is 17.9 Å². The summed E-state index contributed by atoms with van der Waals surface area (Å²) in [6.07, 6.45) is 4.07. The standard InChI is InChI=1S/C23H20N2O2S/c1-4-5-17-12-18(26-3)10-11-20(17)27-22-21-19(13-28-23(21)25-14-24-22)16-8-6-15(2)7-9-16/h4,6-14H,1,5H2,2-3H3. The maximum atomic E-state index is 6.27. The fourth-order valence-electron chi connectivity index (χ4n) is 3.07. The number of thiophene rings is 1. The third-order valence-corrected chi connectivity index (χ3v) is 5.42. The van der Waals surface area contributed by atoms with E-state index in [9.17, 15) is 0 Å². The highest BCUT2D eigenvalue weighted by atomic mass is 32.1. The summed E-state index contributed by atoms with van der Waals surface area (Å²) in [6, 6.07) is 14.2. The Morgan fingerprint density at radius 1 is 1.11 bits per heavy atom. The van der Waals surface area contributed by atoms with Crippen LogP contribution in [-0.4, -0.2) is 17.1 Å². The van der Waals surface area contributed by atoms with Crippen molar-refractivity contribution in [1.29, 1.82) is 0 Å². The third-order valence-electron chi connectivity index (χ3n) is 4.54. The highest BCUT2D eigenvalue weighted by Gasteiger charge is 2.16.